The largest absolute Gasteiger partial charge is 0.420 e. The standard InChI is InChI=1S/C20H16N4O4/c1-22(15-10-6-9-14-17(15)19(26)23(2)18(14)25)20(27)28-16-11-12-24(21-16)13-7-4-3-5-8-13/h3-12H,1-2H3. The van der Waals surface area contributed by atoms with Crippen molar-refractivity contribution >= 4 is 23.6 Å². The molecule has 1 aromatic heterocycles. The molecular weight excluding hydrogens is 360 g/mol. The Morgan fingerprint density at radius 3 is 2.50 bits per heavy atom. The van der Waals surface area contributed by atoms with Crippen LogP contribution in [0.3, 0.4) is 0 Å². The molecule has 0 saturated carbocycles. The quantitative estimate of drug-likeness (QED) is 0.656. The number of aromatic nitrogens is 2. The fourth-order valence-electron chi connectivity index (χ4n) is 3.01. The number of nitrogens with zero attached hydrogens (tertiary/aromatic N) is 4. The number of hydrogen-bond donors (Lipinski definition) is 0. The SMILES string of the molecule is CN1C(=O)c2cccc(N(C)C(=O)Oc3ccn(-c4ccccc4)n3)c2C1=O. The molecule has 0 atom stereocenters. The average Bonchev–Trinajstić information content (AvgIpc) is 3.27. The number of ether oxygens (including phenoxy) is 1. The second-order valence-corrected chi connectivity index (χ2v) is 6.23. The summed E-state index contributed by atoms with van der Waals surface area (Å²) in [5.74, 6) is -0.735. The van der Waals surface area contributed by atoms with Crippen molar-refractivity contribution in [3.8, 4) is 11.6 Å². The van der Waals surface area contributed by atoms with Gasteiger partial charge in [-0.15, -0.1) is 5.10 Å². The van der Waals surface area contributed by atoms with Crippen molar-refractivity contribution in [1.82, 2.24) is 14.7 Å². The van der Waals surface area contributed by atoms with Crippen LogP contribution in [0.15, 0.2) is 60.8 Å². The minimum atomic E-state index is -0.721. The smallest absolute Gasteiger partial charge is 0.389 e. The summed E-state index contributed by atoms with van der Waals surface area (Å²) >= 11 is 0. The third-order valence-corrected chi connectivity index (χ3v) is 4.51. The zero-order valence-corrected chi connectivity index (χ0v) is 15.2. The van der Waals surface area contributed by atoms with Crippen LogP contribution in [0.1, 0.15) is 20.7 Å². The molecule has 0 aliphatic carbocycles. The van der Waals surface area contributed by atoms with E-state index in [2.05, 4.69) is 5.10 Å². The zero-order valence-electron chi connectivity index (χ0n) is 15.2. The molecule has 4 rings (SSSR count). The summed E-state index contributed by atoms with van der Waals surface area (Å²) in [7, 11) is 2.88. The lowest BCUT2D eigenvalue weighted by Gasteiger charge is -2.18. The number of carbonyl (C=O) groups excluding carboxylic acids is 3. The first-order chi connectivity index (χ1) is 13.5. The number of rotatable bonds is 3. The van der Waals surface area contributed by atoms with E-state index in [0.29, 0.717) is 5.69 Å². The maximum atomic E-state index is 12.6. The van der Waals surface area contributed by atoms with Gasteiger partial charge in [0.2, 0.25) is 5.88 Å². The van der Waals surface area contributed by atoms with Gasteiger partial charge in [0.25, 0.3) is 11.8 Å². The number of hydrogen-bond acceptors (Lipinski definition) is 5. The van der Waals surface area contributed by atoms with Gasteiger partial charge in [0.15, 0.2) is 0 Å². The van der Waals surface area contributed by atoms with Gasteiger partial charge in [-0.05, 0) is 24.3 Å². The molecule has 2 aromatic carbocycles. The molecule has 1 aliphatic rings. The van der Waals surface area contributed by atoms with E-state index in [1.165, 1.54) is 19.0 Å². The van der Waals surface area contributed by atoms with E-state index in [1.54, 1.807) is 35.1 Å². The zero-order chi connectivity index (χ0) is 19.8. The van der Waals surface area contributed by atoms with Crippen molar-refractivity contribution in [2.24, 2.45) is 0 Å². The van der Waals surface area contributed by atoms with Gasteiger partial charge in [0.05, 0.1) is 22.5 Å². The number of carbonyl (C=O) groups is 3. The van der Waals surface area contributed by atoms with E-state index in [0.717, 1.165) is 10.6 Å². The monoisotopic (exact) mass is 376 g/mol. The fraction of sp³-hybridized carbons (Fsp3) is 0.100. The minimum Gasteiger partial charge on any atom is -0.389 e. The van der Waals surface area contributed by atoms with Crippen LogP contribution in [0.4, 0.5) is 10.5 Å². The minimum absolute atomic E-state index is 0.118. The highest BCUT2D eigenvalue weighted by Gasteiger charge is 2.36. The van der Waals surface area contributed by atoms with Crippen LogP contribution in [0.2, 0.25) is 0 Å². The van der Waals surface area contributed by atoms with Crippen LogP contribution in [0.25, 0.3) is 5.69 Å². The Morgan fingerprint density at radius 2 is 1.75 bits per heavy atom. The average molecular weight is 376 g/mol. The number of anilines is 1. The summed E-state index contributed by atoms with van der Waals surface area (Å²) in [4.78, 5) is 39.3. The van der Waals surface area contributed by atoms with E-state index in [-0.39, 0.29) is 17.0 Å². The maximum absolute atomic E-state index is 12.6. The van der Waals surface area contributed by atoms with E-state index >= 15 is 0 Å². The number of amides is 3. The first-order valence-electron chi connectivity index (χ1n) is 8.49. The van der Waals surface area contributed by atoms with Crippen molar-refractivity contribution in [2.75, 3.05) is 19.0 Å². The molecule has 0 bridgehead atoms. The Morgan fingerprint density at radius 1 is 1.00 bits per heavy atom. The number of imide groups is 1. The Kier molecular flexibility index (Phi) is 4.15. The highest BCUT2D eigenvalue weighted by molar-refractivity contribution is 6.24. The summed E-state index contributed by atoms with van der Waals surface area (Å²) < 4.78 is 6.91. The Bertz CT molecular complexity index is 1090. The molecular formula is C20H16N4O4. The van der Waals surface area contributed by atoms with Gasteiger partial charge < -0.3 is 4.74 Å². The Balaban J connectivity index is 1.57. The lowest BCUT2D eigenvalue weighted by Crippen LogP contribution is -2.31. The topological polar surface area (TPSA) is 84.7 Å². The third-order valence-electron chi connectivity index (χ3n) is 4.51. The fourth-order valence-corrected chi connectivity index (χ4v) is 3.01. The second-order valence-electron chi connectivity index (χ2n) is 6.23. The van der Waals surface area contributed by atoms with Crippen molar-refractivity contribution in [1.29, 1.82) is 0 Å². The second kappa shape index (κ2) is 6.66. The van der Waals surface area contributed by atoms with Gasteiger partial charge in [0, 0.05) is 26.4 Å². The molecule has 0 spiro atoms. The van der Waals surface area contributed by atoms with Gasteiger partial charge in [0.1, 0.15) is 0 Å². The molecule has 140 valence electrons. The van der Waals surface area contributed by atoms with Crippen LogP contribution in [0.5, 0.6) is 5.88 Å². The molecule has 3 aromatic rings. The molecule has 0 saturated heterocycles. The van der Waals surface area contributed by atoms with Gasteiger partial charge in [-0.2, -0.15) is 0 Å². The number of fused-ring (bicyclic) bond motifs is 1. The van der Waals surface area contributed by atoms with Crippen molar-refractivity contribution in [2.45, 2.75) is 0 Å². The molecule has 8 heteroatoms. The van der Waals surface area contributed by atoms with E-state index in [9.17, 15) is 14.4 Å². The summed E-state index contributed by atoms with van der Waals surface area (Å²) in [6.45, 7) is 0. The predicted octanol–water partition coefficient (Wildman–Crippen LogP) is 2.73. The van der Waals surface area contributed by atoms with Crippen LogP contribution in [-0.2, 0) is 0 Å². The molecule has 2 heterocycles. The van der Waals surface area contributed by atoms with Crippen molar-refractivity contribution in [3.05, 3.63) is 71.9 Å². The third kappa shape index (κ3) is 2.81. The number of para-hydroxylation sites is 1. The van der Waals surface area contributed by atoms with Gasteiger partial charge in [-0.1, -0.05) is 24.3 Å². The first-order valence-corrected chi connectivity index (χ1v) is 8.49. The van der Waals surface area contributed by atoms with Gasteiger partial charge >= 0.3 is 6.09 Å². The Labute approximate surface area is 160 Å². The van der Waals surface area contributed by atoms with Crippen LogP contribution < -0.4 is 9.64 Å². The van der Waals surface area contributed by atoms with Gasteiger partial charge in [-0.3, -0.25) is 19.4 Å². The van der Waals surface area contributed by atoms with Gasteiger partial charge in [-0.25, -0.2) is 9.48 Å². The van der Waals surface area contributed by atoms with Crippen LogP contribution >= 0.6 is 0 Å². The summed E-state index contributed by atoms with van der Waals surface area (Å²) in [5.41, 5.74) is 1.57. The molecule has 0 radical (unpaired) electrons. The molecule has 1 aliphatic heterocycles. The molecule has 0 unspecified atom stereocenters. The van der Waals surface area contributed by atoms with E-state index < -0.39 is 17.9 Å². The first kappa shape index (κ1) is 17.5. The molecule has 0 N–H and O–H groups in total. The van der Waals surface area contributed by atoms with Crippen molar-refractivity contribution in [3.63, 3.8) is 0 Å². The summed E-state index contributed by atoms with van der Waals surface area (Å²) in [5, 5.41) is 4.23. The molecule has 3 amide bonds. The highest BCUT2D eigenvalue weighted by atomic mass is 16.6. The number of benzene rings is 2. The van der Waals surface area contributed by atoms with Crippen molar-refractivity contribution < 1.29 is 19.1 Å². The normalized spacial score (nSPS) is 12.9. The lowest BCUT2D eigenvalue weighted by molar-refractivity contribution is 0.0693. The lowest BCUT2D eigenvalue weighted by atomic mass is 10.1. The highest BCUT2D eigenvalue weighted by Crippen LogP contribution is 2.30. The molecule has 8 nitrogen and oxygen atoms in total. The predicted molar refractivity (Wildman–Crippen MR) is 101 cm³/mol. The molecule has 0 fully saturated rings. The Hall–Kier alpha value is -3.94. The van der Waals surface area contributed by atoms with E-state index in [1.807, 2.05) is 30.3 Å². The molecule has 28 heavy (non-hydrogen) atoms. The summed E-state index contributed by atoms with van der Waals surface area (Å²) in [6.07, 6.45) is 0.955. The summed E-state index contributed by atoms with van der Waals surface area (Å²) in [6, 6.07) is 15.7. The maximum Gasteiger partial charge on any atom is 0.420 e. The van der Waals surface area contributed by atoms with Crippen LogP contribution in [0, 0.1) is 0 Å². The van der Waals surface area contributed by atoms with Crippen LogP contribution in [-0.4, -0.2) is 46.7 Å². The van der Waals surface area contributed by atoms with E-state index in [4.69, 9.17) is 4.74 Å².